The van der Waals surface area contributed by atoms with Crippen molar-refractivity contribution in [1.82, 2.24) is 4.31 Å². The Hall–Kier alpha value is -1.60. The van der Waals surface area contributed by atoms with E-state index in [4.69, 9.17) is 4.74 Å². The first-order valence-electron chi connectivity index (χ1n) is 5.89. The third-order valence-electron chi connectivity index (χ3n) is 2.73. The van der Waals surface area contributed by atoms with E-state index >= 15 is 0 Å². The highest BCUT2D eigenvalue weighted by Gasteiger charge is 2.22. The van der Waals surface area contributed by atoms with Gasteiger partial charge >= 0.3 is 0 Å². The third-order valence-corrected chi connectivity index (χ3v) is 4.77. The number of ether oxygens (including phenoxy) is 1. The molecule has 0 saturated carbocycles. The average molecular weight is 286 g/mol. The van der Waals surface area contributed by atoms with Crippen LogP contribution in [0.2, 0.25) is 0 Å². The first kappa shape index (κ1) is 15.5. The first-order chi connectivity index (χ1) is 9.01. The Bertz CT molecular complexity index is 539. The molecular formula is C12H18N2O4S. The van der Waals surface area contributed by atoms with Gasteiger partial charge in [0.05, 0.1) is 17.7 Å². The zero-order chi connectivity index (χ0) is 14.5. The highest BCUT2D eigenvalue weighted by molar-refractivity contribution is 7.89. The Balaban J connectivity index is 3.28. The molecule has 0 aliphatic carbocycles. The monoisotopic (exact) mass is 286 g/mol. The van der Waals surface area contributed by atoms with Crippen molar-refractivity contribution in [3.8, 4) is 5.75 Å². The van der Waals surface area contributed by atoms with Crippen LogP contribution in [0.1, 0.15) is 13.8 Å². The molecule has 0 spiro atoms. The summed E-state index contributed by atoms with van der Waals surface area (Å²) in [5, 5.41) is 2.43. The molecular weight excluding hydrogens is 268 g/mol. The van der Waals surface area contributed by atoms with E-state index in [2.05, 4.69) is 5.32 Å². The molecule has 106 valence electrons. The SMILES string of the molecule is CCN(CC)S(=O)(=O)c1ccc(OC)c(NC=O)c1. The predicted molar refractivity (Wildman–Crippen MR) is 72.8 cm³/mol. The topological polar surface area (TPSA) is 75.7 Å². The van der Waals surface area contributed by atoms with Crippen LogP contribution in [0, 0.1) is 0 Å². The second kappa shape index (κ2) is 6.53. The molecule has 7 heteroatoms. The Morgan fingerprint density at radius 3 is 2.42 bits per heavy atom. The first-order valence-corrected chi connectivity index (χ1v) is 7.33. The summed E-state index contributed by atoms with van der Waals surface area (Å²) in [6.45, 7) is 4.33. The van der Waals surface area contributed by atoms with Crippen molar-refractivity contribution in [2.75, 3.05) is 25.5 Å². The second-order valence-electron chi connectivity index (χ2n) is 3.71. The highest BCUT2D eigenvalue weighted by Crippen LogP contribution is 2.28. The lowest BCUT2D eigenvalue weighted by Gasteiger charge is -2.19. The van der Waals surface area contributed by atoms with Crippen LogP contribution in [0.5, 0.6) is 5.75 Å². The smallest absolute Gasteiger partial charge is 0.243 e. The van der Waals surface area contributed by atoms with Crippen LogP contribution in [0.3, 0.4) is 0 Å². The summed E-state index contributed by atoms with van der Waals surface area (Å²) in [7, 11) is -2.10. The molecule has 1 aromatic carbocycles. The molecule has 1 rings (SSSR count). The zero-order valence-corrected chi connectivity index (χ0v) is 12.0. The van der Waals surface area contributed by atoms with E-state index in [9.17, 15) is 13.2 Å². The van der Waals surface area contributed by atoms with Crippen molar-refractivity contribution >= 4 is 22.1 Å². The van der Waals surface area contributed by atoms with Gasteiger partial charge in [-0.15, -0.1) is 0 Å². The number of amides is 1. The summed E-state index contributed by atoms with van der Waals surface area (Å²) in [5.41, 5.74) is 0.325. The number of rotatable bonds is 7. The molecule has 0 atom stereocenters. The van der Waals surface area contributed by atoms with Crippen molar-refractivity contribution in [1.29, 1.82) is 0 Å². The number of anilines is 1. The van der Waals surface area contributed by atoms with Gasteiger partial charge in [-0.3, -0.25) is 4.79 Å². The molecule has 0 unspecified atom stereocenters. The molecule has 0 aliphatic rings. The minimum Gasteiger partial charge on any atom is -0.495 e. The lowest BCUT2D eigenvalue weighted by Crippen LogP contribution is -2.30. The van der Waals surface area contributed by atoms with Gasteiger partial charge in [-0.05, 0) is 18.2 Å². The van der Waals surface area contributed by atoms with E-state index in [0.29, 0.717) is 30.9 Å². The van der Waals surface area contributed by atoms with Gasteiger partial charge in [0.1, 0.15) is 5.75 Å². The summed E-state index contributed by atoms with van der Waals surface area (Å²) in [5.74, 6) is 0.408. The van der Waals surface area contributed by atoms with Gasteiger partial charge in [-0.1, -0.05) is 13.8 Å². The van der Waals surface area contributed by atoms with Gasteiger partial charge in [0.2, 0.25) is 16.4 Å². The molecule has 1 N–H and O–H groups in total. The van der Waals surface area contributed by atoms with Crippen molar-refractivity contribution < 1.29 is 17.9 Å². The van der Waals surface area contributed by atoms with Gasteiger partial charge in [0.25, 0.3) is 0 Å². The summed E-state index contributed by atoms with van der Waals surface area (Å²) in [4.78, 5) is 10.6. The fourth-order valence-electron chi connectivity index (χ4n) is 1.74. The molecule has 0 aliphatic heterocycles. The summed E-state index contributed by atoms with van der Waals surface area (Å²) >= 11 is 0. The van der Waals surface area contributed by atoms with E-state index in [0.717, 1.165) is 0 Å². The standard InChI is InChI=1S/C12H18N2O4S/c1-4-14(5-2)19(16,17)10-6-7-12(18-3)11(8-10)13-9-15/h6-9H,4-5H2,1-3H3,(H,13,15). The van der Waals surface area contributed by atoms with Crippen LogP contribution in [-0.4, -0.2) is 39.3 Å². The Morgan fingerprint density at radius 2 is 1.95 bits per heavy atom. The van der Waals surface area contributed by atoms with E-state index in [-0.39, 0.29) is 4.90 Å². The minimum atomic E-state index is -3.55. The molecule has 0 aromatic heterocycles. The van der Waals surface area contributed by atoms with Crippen molar-refractivity contribution in [2.45, 2.75) is 18.7 Å². The maximum absolute atomic E-state index is 12.3. The molecule has 0 heterocycles. The maximum Gasteiger partial charge on any atom is 0.243 e. The summed E-state index contributed by atoms with van der Waals surface area (Å²) < 4.78 is 31.0. The molecule has 0 bridgehead atoms. The lowest BCUT2D eigenvalue weighted by atomic mass is 10.3. The Morgan fingerprint density at radius 1 is 1.32 bits per heavy atom. The summed E-state index contributed by atoms with van der Waals surface area (Å²) in [6.07, 6.45) is 0.478. The van der Waals surface area contributed by atoms with Gasteiger partial charge in [0.15, 0.2) is 0 Å². The zero-order valence-electron chi connectivity index (χ0n) is 11.2. The Kier molecular flexibility index (Phi) is 5.31. The van der Waals surface area contributed by atoms with Crippen LogP contribution in [0.15, 0.2) is 23.1 Å². The van der Waals surface area contributed by atoms with Crippen LogP contribution in [0.4, 0.5) is 5.69 Å². The molecule has 6 nitrogen and oxygen atoms in total. The molecule has 1 aromatic rings. The fourth-order valence-corrected chi connectivity index (χ4v) is 3.22. The van der Waals surface area contributed by atoms with E-state index in [1.807, 2.05) is 0 Å². The quantitative estimate of drug-likeness (QED) is 0.766. The molecule has 1 amide bonds. The number of nitrogens with one attached hydrogen (secondary N) is 1. The normalized spacial score (nSPS) is 11.4. The number of methoxy groups -OCH3 is 1. The number of carbonyl (C=O) groups is 1. The largest absolute Gasteiger partial charge is 0.495 e. The maximum atomic E-state index is 12.3. The summed E-state index contributed by atoms with van der Waals surface area (Å²) in [6, 6.07) is 4.37. The van der Waals surface area contributed by atoms with Gasteiger partial charge in [-0.2, -0.15) is 4.31 Å². The van der Waals surface area contributed by atoms with Crippen molar-refractivity contribution in [3.63, 3.8) is 0 Å². The third kappa shape index (κ3) is 3.24. The molecule has 0 fully saturated rings. The number of carbonyl (C=O) groups excluding carboxylic acids is 1. The van der Waals surface area contributed by atoms with Crippen molar-refractivity contribution in [3.05, 3.63) is 18.2 Å². The number of hydrogen-bond acceptors (Lipinski definition) is 4. The number of hydrogen-bond donors (Lipinski definition) is 1. The van der Waals surface area contributed by atoms with E-state index in [1.165, 1.54) is 29.6 Å². The lowest BCUT2D eigenvalue weighted by molar-refractivity contribution is -0.105. The van der Waals surface area contributed by atoms with Crippen LogP contribution >= 0.6 is 0 Å². The fraction of sp³-hybridized carbons (Fsp3) is 0.417. The van der Waals surface area contributed by atoms with Crippen molar-refractivity contribution in [2.24, 2.45) is 0 Å². The van der Waals surface area contributed by atoms with Crippen LogP contribution in [-0.2, 0) is 14.8 Å². The predicted octanol–water partition coefficient (Wildman–Crippen LogP) is 1.29. The Labute approximate surface area is 113 Å². The molecule has 0 saturated heterocycles. The van der Waals surface area contributed by atoms with Crippen LogP contribution in [0.25, 0.3) is 0 Å². The second-order valence-corrected chi connectivity index (χ2v) is 5.65. The molecule has 19 heavy (non-hydrogen) atoms. The van der Waals surface area contributed by atoms with Gasteiger partial charge in [0, 0.05) is 13.1 Å². The molecule has 0 radical (unpaired) electrons. The van der Waals surface area contributed by atoms with E-state index < -0.39 is 10.0 Å². The average Bonchev–Trinajstić information content (AvgIpc) is 2.40. The van der Waals surface area contributed by atoms with Crippen LogP contribution < -0.4 is 10.1 Å². The van der Waals surface area contributed by atoms with Gasteiger partial charge in [-0.25, -0.2) is 8.42 Å². The van der Waals surface area contributed by atoms with E-state index in [1.54, 1.807) is 13.8 Å². The highest BCUT2D eigenvalue weighted by atomic mass is 32.2. The minimum absolute atomic E-state index is 0.126. The number of benzene rings is 1. The van der Waals surface area contributed by atoms with Gasteiger partial charge < -0.3 is 10.1 Å². The number of nitrogens with zero attached hydrogens (tertiary/aromatic N) is 1. The number of sulfonamides is 1.